The summed E-state index contributed by atoms with van der Waals surface area (Å²) in [6, 6.07) is 4.54. The molecule has 19 heteroatoms. The van der Waals surface area contributed by atoms with Crippen LogP contribution in [0.1, 0.15) is 129 Å². The standard InChI is InChI=1S/C50H75N3O16/c1-6-8-10-21-49(22-11-9-7-2)67-40-34-26-50(47(62)52-23-13-18-33(52)44(60)51-32(28-54)19-20-36(56)66-48(3,4)5)42(45(61)64-34)53(69-43(50)41(40)68-49)27-31-16-12-15-30(25-31)17-14-24-63-46-39(59)38(58)37(57)35(29-55)65-46/h12,14-17,25,32-35,37-43,46,54-55,57-59H,6-11,13,18-24,26-29H2,1-5H3,(H,51,60)/t32-,33+,34+,35+,37-,38-,39+,40-,41-,42-,43+,46-,50-/m0/s1. The molecular weight excluding hydrogens is 899 g/mol. The quantitative estimate of drug-likeness (QED) is 0.0722. The minimum atomic E-state index is -1.57. The van der Waals surface area contributed by atoms with Gasteiger partial charge in [-0.3, -0.25) is 24.0 Å². The SMILES string of the molecule is CCCCCC1(CCCCC)O[C@@H]2[C@H](O1)[C@H]1ON(Cc3cccc(C=CCO[C@H]4O[C@H](CO)[C@H](O)[C@H](O)[C@H]4O)c3)[C@H]3C(=O)O[C@@H]2C[C@@]13C(=O)N1CCC[C@@H]1C(=O)N[C@H](CO)CCC(=O)OC(C)(C)C. The van der Waals surface area contributed by atoms with Crippen LogP contribution in [0.4, 0.5) is 0 Å². The first-order chi connectivity index (χ1) is 33.0. The second-order valence-electron chi connectivity index (χ2n) is 20.6. The highest BCUT2D eigenvalue weighted by Gasteiger charge is 2.77. The van der Waals surface area contributed by atoms with E-state index in [1.165, 1.54) is 5.06 Å². The van der Waals surface area contributed by atoms with Gasteiger partial charge in [-0.05, 0) is 64.0 Å². The van der Waals surface area contributed by atoms with E-state index >= 15 is 4.79 Å². The molecule has 0 unspecified atom stereocenters. The van der Waals surface area contributed by atoms with Crippen molar-refractivity contribution < 1.29 is 78.0 Å². The molecule has 0 aromatic heterocycles. The Hall–Kier alpha value is -3.60. The maximum absolute atomic E-state index is 15.7. The molecule has 5 heterocycles. The molecule has 19 nitrogen and oxygen atoms in total. The Morgan fingerprint density at radius 2 is 1.71 bits per heavy atom. The third kappa shape index (κ3) is 11.7. The molecule has 5 aliphatic heterocycles. The first-order valence-electron chi connectivity index (χ1n) is 25.1. The predicted octanol–water partition coefficient (Wildman–Crippen LogP) is 2.55. The van der Waals surface area contributed by atoms with Crippen molar-refractivity contribution in [3.05, 3.63) is 41.5 Å². The van der Waals surface area contributed by atoms with Gasteiger partial charge in [0.15, 0.2) is 18.1 Å². The van der Waals surface area contributed by atoms with Crippen molar-refractivity contribution in [3.8, 4) is 0 Å². The number of fused-ring (bicyclic) bond motifs is 4. The molecule has 1 aromatic rings. The lowest BCUT2D eigenvalue weighted by atomic mass is 9.62. The van der Waals surface area contributed by atoms with Gasteiger partial charge in [-0.25, -0.2) is 0 Å². The normalized spacial score (nSPS) is 33.3. The first-order valence-corrected chi connectivity index (χ1v) is 25.1. The molecule has 6 aliphatic rings. The Balaban J connectivity index is 1.14. The van der Waals surface area contributed by atoms with Crippen molar-refractivity contribution in [3.63, 3.8) is 0 Å². The van der Waals surface area contributed by atoms with Crippen LogP contribution in [0.3, 0.4) is 0 Å². The fourth-order valence-electron chi connectivity index (χ4n) is 10.9. The van der Waals surface area contributed by atoms with Crippen molar-refractivity contribution in [1.29, 1.82) is 0 Å². The lowest BCUT2D eigenvalue weighted by molar-refractivity contribution is -0.298. The Labute approximate surface area is 404 Å². The summed E-state index contributed by atoms with van der Waals surface area (Å²) in [6.45, 7) is 8.81. The maximum Gasteiger partial charge on any atom is 0.327 e. The highest BCUT2D eigenvalue weighted by molar-refractivity contribution is 5.96. The van der Waals surface area contributed by atoms with E-state index in [1.807, 2.05) is 24.3 Å². The van der Waals surface area contributed by atoms with E-state index in [4.69, 9.17) is 33.3 Å². The molecule has 0 radical (unpaired) electrons. The zero-order valence-corrected chi connectivity index (χ0v) is 40.7. The smallest absolute Gasteiger partial charge is 0.327 e. The van der Waals surface area contributed by atoms with Gasteiger partial charge in [0.05, 0.1) is 32.4 Å². The van der Waals surface area contributed by atoms with Crippen LogP contribution in [0.15, 0.2) is 30.3 Å². The summed E-state index contributed by atoms with van der Waals surface area (Å²) in [5.74, 6) is -2.95. The molecule has 6 fully saturated rings. The Bertz CT molecular complexity index is 1950. The Morgan fingerprint density at radius 1 is 0.986 bits per heavy atom. The van der Waals surface area contributed by atoms with Crippen LogP contribution in [0.5, 0.6) is 0 Å². The molecule has 386 valence electrons. The van der Waals surface area contributed by atoms with Gasteiger partial charge in [0.2, 0.25) is 11.8 Å². The number of rotatable bonds is 22. The van der Waals surface area contributed by atoms with Crippen LogP contribution in [0.25, 0.3) is 6.08 Å². The minimum absolute atomic E-state index is 0.0264. The highest BCUT2D eigenvalue weighted by atomic mass is 16.8. The predicted molar refractivity (Wildman–Crippen MR) is 246 cm³/mol. The molecule has 6 N–H and O–H groups in total. The number of nitrogens with zero attached hydrogens (tertiary/aromatic N) is 2. The van der Waals surface area contributed by atoms with E-state index < -0.39 is 127 Å². The monoisotopic (exact) mass is 974 g/mol. The molecule has 7 rings (SSSR count). The van der Waals surface area contributed by atoms with E-state index in [1.54, 1.807) is 37.8 Å². The van der Waals surface area contributed by atoms with Crippen LogP contribution in [-0.2, 0) is 59.0 Å². The lowest BCUT2D eigenvalue weighted by Gasteiger charge is -2.50. The number of nitrogens with one attached hydrogen (secondary N) is 1. The van der Waals surface area contributed by atoms with E-state index in [9.17, 15) is 39.9 Å². The molecular formula is C50H75N3O16. The lowest BCUT2D eigenvalue weighted by Crippen LogP contribution is -2.70. The van der Waals surface area contributed by atoms with E-state index in [-0.39, 0.29) is 39.0 Å². The summed E-state index contributed by atoms with van der Waals surface area (Å²) >= 11 is 0. The number of esters is 2. The number of aliphatic hydroxyl groups excluding tert-OH is 5. The van der Waals surface area contributed by atoms with E-state index in [0.29, 0.717) is 25.7 Å². The zero-order valence-electron chi connectivity index (χ0n) is 40.7. The van der Waals surface area contributed by atoms with E-state index in [0.717, 1.165) is 49.7 Å². The molecule has 1 aliphatic carbocycles. The van der Waals surface area contributed by atoms with Gasteiger partial charge >= 0.3 is 11.9 Å². The number of carbonyl (C=O) groups excluding carboxylic acids is 4. The summed E-state index contributed by atoms with van der Waals surface area (Å²) in [5.41, 5.74) is -0.738. The van der Waals surface area contributed by atoms with Gasteiger partial charge in [-0.1, -0.05) is 75.9 Å². The number of amides is 2. The summed E-state index contributed by atoms with van der Waals surface area (Å²) in [7, 11) is 0. The van der Waals surface area contributed by atoms with Gasteiger partial charge in [0.25, 0.3) is 0 Å². The van der Waals surface area contributed by atoms with Gasteiger partial charge in [-0.15, -0.1) is 0 Å². The van der Waals surface area contributed by atoms with E-state index in [2.05, 4.69) is 19.2 Å². The van der Waals surface area contributed by atoms with Crippen molar-refractivity contribution in [2.45, 2.75) is 209 Å². The largest absolute Gasteiger partial charge is 0.460 e. The van der Waals surface area contributed by atoms with Crippen molar-refractivity contribution in [2.75, 3.05) is 26.4 Å². The zero-order chi connectivity index (χ0) is 49.7. The van der Waals surface area contributed by atoms with Gasteiger partial charge in [-0.2, -0.15) is 5.06 Å². The molecule has 13 atom stereocenters. The summed E-state index contributed by atoms with van der Waals surface area (Å²) in [4.78, 5) is 65.3. The third-order valence-electron chi connectivity index (χ3n) is 14.3. The molecule has 69 heavy (non-hydrogen) atoms. The second-order valence-corrected chi connectivity index (χ2v) is 20.6. The average molecular weight is 974 g/mol. The van der Waals surface area contributed by atoms with Crippen molar-refractivity contribution >= 4 is 29.8 Å². The minimum Gasteiger partial charge on any atom is -0.460 e. The van der Waals surface area contributed by atoms with Gasteiger partial charge in [0.1, 0.15) is 65.9 Å². The number of likely N-dealkylation sites (tertiary alicyclic amines) is 1. The maximum atomic E-state index is 15.7. The van der Waals surface area contributed by atoms with Crippen molar-refractivity contribution in [1.82, 2.24) is 15.3 Å². The second kappa shape index (κ2) is 22.9. The van der Waals surface area contributed by atoms with Crippen LogP contribution in [-0.4, -0.2) is 170 Å². The van der Waals surface area contributed by atoms with Crippen molar-refractivity contribution in [2.24, 2.45) is 5.41 Å². The van der Waals surface area contributed by atoms with Gasteiger partial charge in [0, 0.05) is 32.2 Å². The van der Waals surface area contributed by atoms with Crippen LogP contribution >= 0.6 is 0 Å². The number of ether oxygens (including phenoxy) is 6. The first kappa shape index (κ1) is 53.2. The Morgan fingerprint density at radius 3 is 2.39 bits per heavy atom. The molecule has 5 saturated heterocycles. The Kier molecular flexibility index (Phi) is 17.6. The highest BCUT2D eigenvalue weighted by Crippen LogP contribution is 2.59. The summed E-state index contributed by atoms with van der Waals surface area (Å²) in [5, 5.41) is 54.8. The molecule has 0 spiro atoms. The topological polar surface area (TPSA) is 253 Å². The third-order valence-corrected chi connectivity index (χ3v) is 14.3. The number of hydroxylamine groups is 2. The molecule has 2 bridgehead atoms. The van der Waals surface area contributed by atoms with Crippen LogP contribution in [0, 0.1) is 5.41 Å². The fourth-order valence-corrected chi connectivity index (χ4v) is 10.9. The number of benzene rings is 1. The molecule has 2 amide bonds. The number of unbranched alkanes of at least 4 members (excludes halogenated alkanes) is 4. The number of hydrogen-bond acceptors (Lipinski definition) is 17. The van der Waals surface area contributed by atoms with Gasteiger partial charge < -0.3 is 64.2 Å². The summed E-state index contributed by atoms with van der Waals surface area (Å²) in [6.07, 6.45) is 1.15. The van der Waals surface area contributed by atoms with Crippen LogP contribution in [0.2, 0.25) is 0 Å². The number of carbonyl (C=O) groups is 4. The fraction of sp³-hybridized carbons (Fsp3) is 0.760. The number of hydrogen-bond donors (Lipinski definition) is 6. The molecule has 1 saturated carbocycles. The molecule has 1 aromatic carbocycles. The summed E-state index contributed by atoms with van der Waals surface area (Å²) < 4.78 is 36.8. The number of aliphatic hydroxyl groups is 5. The van der Waals surface area contributed by atoms with Crippen LogP contribution < -0.4 is 5.32 Å². The average Bonchev–Trinajstić information content (AvgIpc) is 4.05.